The Bertz CT molecular complexity index is 243. The molecule has 0 saturated carbocycles. The van der Waals surface area contributed by atoms with Gasteiger partial charge in [0.25, 0.3) is 6.43 Å². The lowest BCUT2D eigenvalue weighted by atomic mass is 10.4. The monoisotopic (exact) mass is 222 g/mol. The SMILES string of the molecule is OCCN(Cc1cscn1)CC(F)F. The van der Waals surface area contributed by atoms with Crippen LogP contribution in [0, 0.1) is 0 Å². The first-order valence-electron chi connectivity index (χ1n) is 4.21. The van der Waals surface area contributed by atoms with E-state index in [-0.39, 0.29) is 19.7 Å². The Morgan fingerprint density at radius 2 is 2.36 bits per heavy atom. The summed E-state index contributed by atoms with van der Waals surface area (Å²) in [6, 6.07) is 0. The fraction of sp³-hybridized carbons (Fsp3) is 0.625. The van der Waals surface area contributed by atoms with Gasteiger partial charge in [0.15, 0.2) is 0 Å². The number of thiazole rings is 1. The first-order valence-corrected chi connectivity index (χ1v) is 5.15. The molecular weight excluding hydrogens is 210 g/mol. The number of alkyl halides is 2. The van der Waals surface area contributed by atoms with Crippen LogP contribution in [0.5, 0.6) is 0 Å². The number of hydrogen-bond donors (Lipinski definition) is 1. The van der Waals surface area contributed by atoms with E-state index in [9.17, 15) is 8.78 Å². The van der Waals surface area contributed by atoms with Gasteiger partial charge in [0, 0.05) is 18.5 Å². The van der Waals surface area contributed by atoms with Crippen molar-refractivity contribution in [3.8, 4) is 0 Å². The molecule has 0 aliphatic rings. The second-order valence-electron chi connectivity index (χ2n) is 2.83. The first-order chi connectivity index (χ1) is 6.72. The molecule has 80 valence electrons. The van der Waals surface area contributed by atoms with Gasteiger partial charge in [-0.3, -0.25) is 4.90 Å². The molecule has 14 heavy (non-hydrogen) atoms. The van der Waals surface area contributed by atoms with Gasteiger partial charge in [-0.05, 0) is 0 Å². The van der Waals surface area contributed by atoms with E-state index in [1.54, 1.807) is 5.51 Å². The van der Waals surface area contributed by atoms with Crippen LogP contribution >= 0.6 is 11.3 Å². The third-order valence-corrected chi connectivity index (χ3v) is 2.32. The summed E-state index contributed by atoms with van der Waals surface area (Å²) in [4.78, 5) is 5.48. The summed E-state index contributed by atoms with van der Waals surface area (Å²) in [5.74, 6) is 0. The van der Waals surface area contributed by atoms with Crippen LogP contribution in [0.1, 0.15) is 5.69 Å². The number of rotatable bonds is 6. The summed E-state index contributed by atoms with van der Waals surface area (Å²) in [6.45, 7) is 0.186. The highest BCUT2D eigenvalue weighted by Crippen LogP contribution is 2.07. The van der Waals surface area contributed by atoms with Gasteiger partial charge in [0.1, 0.15) is 0 Å². The van der Waals surface area contributed by atoms with E-state index >= 15 is 0 Å². The topological polar surface area (TPSA) is 36.4 Å². The number of nitrogens with zero attached hydrogens (tertiary/aromatic N) is 2. The zero-order chi connectivity index (χ0) is 10.4. The van der Waals surface area contributed by atoms with Gasteiger partial charge in [0.2, 0.25) is 0 Å². The largest absolute Gasteiger partial charge is 0.395 e. The van der Waals surface area contributed by atoms with E-state index in [2.05, 4.69) is 4.98 Å². The van der Waals surface area contributed by atoms with Crippen LogP contribution in [-0.4, -0.2) is 41.1 Å². The van der Waals surface area contributed by atoms with Crippen molar-refractivity contribution in [3.63, 3.8) is 0 Å². The molecule has 1 aromatic rings. The molecule has 1 rings (SSSR count). The molecule has 1 aromatic heterocycles. The molecule has 0 aromatic carbocycles. The standard InChI is InChI=1S/C8H12F2N2OS/c9-8(10)4-12(1-2-13)3-7-5-14-6-11-7/h5-6,8,13H,1-4H2. The number of halogens is 2. The van der Waals surface area contributed by atoms with Crippen LogP contribution in [0.15, 0.2) is 10.9 Å². The van der Waals surface area contributed by atoms with Gasteiger partial charge in [-0.15, -0.1) is 11.3 Å². The van der Waals surface area contributed by atoms with Crippen molar-refractivity contribution in [1.29, 1.82) is 0 Å². The van der Waals surface area contributed by atoms with Crippen LogP contribution in [0.4, 0.5) is 8.78 Å². The average molecular weight is 222 g/mol. The molecule has 3 nitrogen and oxygen atoms in total. The lowest BCUT2D eigenvalue weighted by Crippen LogP contribution is -2.31. The predicted octanol–water partition coefficient (Wildman–Crippen LogP) is 1.20. The van der Waals surface area contributed by atoms with Crippen molar-refractivity contribution in [2.45, 2.75) is 13.0 Å². The molecule has 1 N–H and O–H groups in total. The van der Waals surface area contributed by atoms with Crippen LogP contribution in [0.3, 0.4) is 0 Å². The van der Waals surface area contributed by atoms with Crippen molar-refractivity contribution >= 4 is 11.3 Å². The summed E-state index contributed by atoms with van der Waals surface area (Å²) in [5.41, 5.74) is 2.43. The summed E-state index contributed by atoms with van der Waals surface area (Å²) in [6.07, 6.45) is -2.37. The lowest BCUT2D eigenvalue weighted by Gasteiger charge is -2.19. The predicted molar refractivity (Wildman–Crippen MR) is 50.5 cm³/mol. The lowest BCUT2D eigenvalue weighted by molar-refractivity contribution is 0.0741. The Morgan fingerprint density at radius 3 is 2.86 bits per heavy atom. The van der Waals surface area contributed by atoms with E-state index in [0.717, 1.165) is 5.69 Å². The summed E-state index contributed by atoms with van der Waals surface area (Å²) >= 11 is 1.43. The van der Waals surface area contributed by atoms with Gasteiger partial charge in [-0.1, -0.05) is 0 Å². The number of hydrogen-bond acceptors (Lipinski definition) is 4. The van der Waals surface area contributed by atoms with Gasteiger partial charge in [-0.2, -0.15) is 0 Å². The molecular formula is C8H12F2N2OS. The highest BCUT2D eigenvalue weighted by molar-refractivity contribution is 7.07. The van der Waals surface area contributed by atoms with Gasteiger partial charge >= 0.3 is 0 Å². The normalized spacial score (nSPS) is 11.5. The smallest absolute Gasteiger partial charge is 0.251 e. The van der Waals surface area contributed by atoms with Crippen LogP contribution in [0.2, 0.25) is 0 Å². The van der Waals surface area contributed by atoms with Gasteiger partial charge in [-0.25, -0.2) is 13.8 Å². The highest BCUT2D eigenvalue weighted by Gasteiger charge is 2.12. The second kappa shape index (κ2) is 6.00. The molecule has 0 saturated heterocycles. The average Bonchev–Trinajstić information content (AvgIpc) is 2.56. The van der Waals surface area contributed by atoms with E-state index in [4.69, 9.17) is 5.11 Å². The molecule has 0 fully saturated rings. The van der Waals surface area contributed by atoms with Crippen LogP contribution in [-0.2, 0) is 6.54 Å². The zero-order valence-electron chi connectivity index (χ0n) is 7.57. The van der Waals surface area contributed by atoms with E-state index in [1.807, 2.05) is 5.38 Å². The summed E-state index contributed by atoms with van der Waals surface area (Å²) in [5, 5.41) is 10.5. The Labute approximate surface area is 85.0 Å². The maximum Gasteiger partial charge on any atom is 0.251 e. The third kappa shape index (κ3) is 4.08. The Kier molecular flexibility index (Phi) is 4.92. The maximum atomic E-state index is 12.1. The van der Waals surface area contributed by atoms with E-state index in [0.29, 0.717) is 6.54 Å². The molecule has 0 amide bonds. The Balaban J connectivity index is 2.42. The molecule has 0 aliphatic heterocycles. The zero-order valence-corrected chi connectivity index (χ0v) is 8.38. The molecule has 0 atom stereocenters. The molecule has 6 heteroatoms. The van der Waals surface area contributed by atoms with Crippen molar-refractivity contribution in [3.05, 3.63) is 16.6 Å². The number of aliphatic hydroxyl groups excluding tert-OH is 1. The third-order valence-electron chi connectivity index (χ3n) is 1.68. The fourth-order valence-corrected chi connectivity index (χ4v) is 1.67. The minimum absolute atomic E-state index is 0.114. The quantitative estimate of drug-likeness (QED) is 0.785. The summed E-state index contributed by atoms with van der Waals surface area (Å²) in [7, 11) is 0. The van der Waals surface area contributed by atoms with Crippen LogP contribution in [0.25, 0.3) is 0 Å². The van der Waals surface area contributed by atoms with Crippen molar-refractivity contribution in [2.24, 2.45) is 0 Å². The van der Waals surface area contributed by atoms with Gasteiger partial charge < -0.3 is 5.11 Å². The van der Waals surface area contributed by atoms with E-state index in [1.165, 1.54) is 16.2 Å². The number of aromatic nitrogens is 1. The Morgan fingerprint density at radius 1 is 1.57 bits per heavy atom. The van der Waals surface area contributed by atoms with Crippen molar-refractivity contribution < 1.29 is 13.9 Å². The van der Waals surface area contributed by atoms with Crippen molar-refractivity contribution in [1.82, 2.24) is 9.88 Å². The molecule has 0 spiro atoms. The van der Waals surface area contributed by atoms with Crippen molar-refractivity contribution in [2.75, 3.05) is 19.7 Å². The summed E-state index contributed by atoms with van der Waals surface area (Å²) < 4.78 is 24.2. The first kappa shape index (κ1) is 11.5. The molecule has 0 aliphatic carbocycles. The molecule has 0 bridgehead atoms. The van der Waals surface area contributed by atoms with Crippen LogP contribution < -0.4 is 0 Å². The highest BCUT2D eigenvalue weighted by atomic mass is 32.1. The minimum atomic E-state index is -2.37. The van der Waals surface area contributed by atoms with Gasteiger partial charge in [0.05, 0.1) is 24.4 Å². The molecule has 0 unspecified atom stereocenters. The molecule has 0 radical (unpaired) electrons. The minimum Gasteiger partial charge on any atom is -0.395 e. The number of aliphatic hydroxyl groups is 1. The Hall–Kier alpha value is -0.590. The second-order valence-corrected chi connectivity index (χ2v) is 3.55. The molecule has 1 heterocycles. The maximum absolute atomic E-state index is 12.1. The van der Waals surface area contributed by atoms with E-state index < -0.39 is 6.43 Å². The fourth-order valence-electron chi connectivity index (χ4n) is 1.12.